The van der Waals surface area contributed by atoms with Gasteiger partial charge in [0.05, 0.1) is 12.3 Å². The van der Waals surface area contributed by atoms with Gasteiger partial charge in [0, 0.05) is 4.90 Å². The molecule has 0 saturated heterocycles. The van der Waals surface area contributed by atoms with Crippen molar-refractivity contribution in [3.05, 3.63) is 53.0 Å². The van der Waals surface area contributed by atoms with E-state index < -0.39 is 0 Å². The Bertz CT molecular complexity index is 505. The van der Waals surface area contributed by atoms with Gasteiger partial charge in [0.15, 0.2) is 0 Å². The number of hydrogen-bond donors (Lipinski definition) is 1. The van der Waals surface area contributed by atoms with Crippen LogP contribution in [0, 0.1) is 13.8 Å². The second-order valence-corrected chi connectivity index (χ2v) is 5.15. The van der Waals surface area contributed by atoms with Crippen molar-refractivity contribution in [2.24, 2.45) is 5.73 Å². The number of furan rings is 1. The minimum Gasteiger partial charge on any atom is -0.464 e. The first kappa shape index (κ1) is 12.3. The van der Waals surface area contributed by atoms with Crippen LogP contribution in [0.15, 0.2) is 39.6 Å². The highest BCUT2D eigenvalue weighted by Gasteiger charge is 2.04. The van der Waals surface area contributed by atoms with E-state index in [1.54, 1.807) is 11.8 Å². The quantitative estimate of drug-likeness (QED) is 0.838. The van der Waals surface area contributed by atoms with Gasteiger partial charge in [0.2, 0.25) is 0 Å². The first-order valence-corrected chi connectivity index (χ1v) is 6.65. The van der Waals surface area contributed by atoms with Crippen molar-refractivity contribution in [2.45, 2.75) is 31.0 Å². The van der Waals surface area contributed by atoms with Crippen molar-refractivity contribution in [2.75, 3.05) is 0 Å². The molecule has 0 unspecified atom stereocenters. The summed E-state index contributed by atoms with van der Waals surface area (Å²) in [5.41, 5.74) is 8.12. The number of nitrogens with two attached hydrogens (primary N) is 1. The summed E-state index contributed by atoms with van der Waals surface area (Å²) in [6.07, 6.45) is 0. The molecule has 0 amide bonds. The third kappa shape index (κ3) is 3.14. The minimum atomic E-state index is 0.466. The lowest BCUT2D eigenvalue weighted by atomic mass is 10.2. The molecule has 3 heteroatoms. The molecule has 17 heavy (non-hydrogen) atoms. The van der Waals surface area contributed by atoms with Gasteiger partial charge in [-0.05, 0) is 37.6 Å². The molecular weight excluding hydrogens is 230 g/mol. The Morgan fingerprint density at radius 2 is 1.88 bits per heavy atom. The van der Waals surface area contributed by atoms with Crippen LogP contribution in [0.3, 0.4) is 0 Å². The lowest BCUT2D eigenvalue weighted by molar-refractivity contribution is 0.482. The van der Waals surface area contributed by atoms with Crippen molar-refractivity contribution in [3.8, 4) is 0 Å². The molecule has 0 fully saturated rings. The Morgan fingerprint density at radius 3 is 2.59 bits per heavy atom. The summed E-state index contributed by atoms with van der Waals surface area (Å²) in [6.45, 7) is 4.71. The molecule has 1 aromatic carbocycles. The molecule has 0 bridgehead atoms. The smallest absolute Gasteiger partial charge is 0.117 e. The molecule has 2 rings (SSSR count). The Balaban J connectivity index is 2.04. The summed E-state index contributed by atoms with van der Waals surface area (Å²) in [4.78, 5) is 1.32. The van der Waals surface area contributed by atoms with E-state index in [-0.39, 0.29) is 0 Å². The van der Waals surface area contributed by atoms with E-state index >= 15 is 0 Å². The molecule has 0 aliphatic rings. The van der Waals surface area contributed by atoms with Gasteiger partial charge < -0.3 is 10.2 Å². The van der Waals surface area contributed by atoms with Gasteiger partial charge in [0.25, 0.3) is 0 Å². The number of benzene rings is 1. The maximum atomic E-state index is 5.58. The Hall–Kier alpha value is -1.19. The highest BCUT2D eigenvalue weighted by atomic mass is 32.2. The van der Waals surface area contributed by atoms with Gasteiger partial charge in [-0.25, -0.2) is 0 Å². The van der Waals surface area contributed by atoms with Crippen LogP contribution in [-0.2, 0) is 12.3 Å². The second-order valence-electron chi connectivity index (χ2n) is 4.13. The summed E-state index contributed by atoms with van der Waals surface area (Å²) in [7, 11) is 0. The predicted molar refractivity (Wildman–Crippen MR) is 72.1 cm³/mol. The predicted octanol–water partition coefficient (Wildman–Crippen LogP) is 3.65. The molecule has 2 aromatic rings. The van der Waals surface area contributed by atoms with Crippen LogP contribution < -0.4 is 5.73 Å². The van der Waals surface area contributed by atoms with Crippen molar-refractivity contribution in [1.29, 1.82) is 0 Å². The van der Waals surface area contributed by atoms with Crippen LogP contribution in [0.5, 0.6) is 0 Å². The molecule has 0 radical (unpaired) electrons. The molecule has 2 N–H and O–H groups in total. The summed E-state index contributed by atoms with van der Waals surface area (Å²) < 4.78 is 5.58. The molecule has 0 atom stereocenters. The fourth-order valence-electron chi connectivity index (χ4n) is 1.62. The summed E-state index contributed by atoms with van der Waals surface area (Å²) in [6, 6.07) is 10.5. The van der Waals surface area contributed by atoms with Gasteiger partial charge in [-0.3, -0.25) is 0 Å². The summed E-state index contributed by atoms with van der Waals surface area (Å²) >= 11 is 1.80. The third-order valence-corrected chi connectivity index (χ3v) is 3.81. The Labute approximate surface area is 106 Å². The van der Waals surface area contributed by atoms with Crippen LogP contribution >= 0.6 is 11.8 Å². The second kappa shape index (κ2) is 5.43. The molecule has 2 nitrogen and oxygen atoms in total. The van der Waals surface area contributed by atoms with E-state index in [9.17, 15) is 0 Å². The average Bonchev–Trinajstić information content (AvgIpc) is 2.78. The first-order valence-electron chi connectivity index (χ1n) is 5.67. The van der Waals surface area contributed by atoms with E-state index in [4.69, 9.17) is 10.2 Å². The fourth-order valence-corrected chi connectivity index (χ4v) is 2.64. The summed E-state index contributed by atoms with van der Waals surface area (Å²) in [5.74, 6) is 2.68. The molecular formula is C14H17NOS. The number of rotatable bonds is 4. The largest absolute Gasteiger partial charge is 0.464 e. The monoisotopic (exact) mass is 247 g/mol. The van der Waals surface area contributed by atoms with E-state index in [0.717, 1.165) is 17.3 Å². The zero-order valence-electron chi connectivity index (χ0n) is 10.2. The highest BCUT2D eigenvalue weighted by molar-refractivity contribution is 7.98. The maximum Gasteiger partial charge on any atom is 0.117 e. The van der Waals surface area contributed by atoms with E-state index in [0.29, 0.717) is 6.54 Å². The fraction of sp³-hybridized carbons (Fsp3) is 0.286. The molecule has 0 aliphatic carbocycles. The van der Waals surface area contributed by atoms with Gasteiger partial charge >= 0.3 is 0 Å². The van der Waals surface area contributed by atoms with Gasteiger partial charge in [0.1, 0.15) is 11.5 Å². The minimum absolute atomic E-state index is 0.466. The summed E-state index contributed by atoms with van der Waals surface area (Å²) in [5, 5.41) is 0. The van der Waals surface area contributed by atoms with Crippen LogP contribution in [0.25, 0.3) is 0 Å². The van der Waals surface area contributed by atoms with E-state index in [1.165, 1.54) is 16.0 Å². The zero-order valence-corrected chi connectivity index (χ0v) is 11.0. The van der Waals surface area contributed by atoms with E-state index in [2.05, 4.69) is 32.0 Å². The number of aryl methyl sites for hydroxylation is 2. The lowest BCUT2D eigenvalue weighted by Crippen LogP contribution is -1.92. The van der Waals surface area contributed by atoms with Crippen LogP contribution in [0.4, 0.5) is 0 Å². The average molecular weight is 247 g/mol. The van der Waals surface area contributed by atoms with Crippen molar-refractivity contribution in [1.82, 2.24) is 0 Å². The molecule has 0 spiro atoms. The lowest BCUT2D eigenvalue weighted by Gasteiger charge is -2.05. The number of hydrogen-bond acceptors (Lipinski definition) is 3. The molecule has 0 aliphatic heterocycles. The van der Waals surface area contributed by atoms with Crippen LogP contribution in [0.1, 0.15) is 22.6 Å². The van der Waals surface area contributed by atoms with Crippen LogP contribution in [0.2, 0.25) is 0 Å². The molecule has 1 aromatic heterocycles. The Morgan fingerprint density at radius 1 is 1.12 bits per heavy atom. The zero-order chi connectivity index (χ0) is 12.3. The van der Waals surface area contributed by atoms with Gasteiger partial charge in [-0.1, -0.05) is 17.7 Å². The maximum absolute atomic E-state index is 5.58. The van der Waals surface area contributed by atoms with E-state index in [1.807, 2.05) is 12.1 Å². The number of thioether (sulfide) groups is 1. The normalized spacial score (nSPS) is 10.8. The van der Waals surface area contributed by atoms with Gasteiger partial charge in [-0.2, -0.15) is 0 Å². The Kier molecular flexibility index (Phi) is 3.92. The van der Waals surface area contributed by atoms with Crippen molar-refractivity contribution in [3.63, 3.8) is 0 Å². The SMILES string of the molecule is Cc1ccc(C)c(SCc2ccc(CN)o2)c1. The first-order chi connectivity index (χ1) is 8.19. The standard InChI is InChI=1S/C14H17NOS/c1-10-3-4-11(2)14(7-10)17-9-13-6-5-12(8-15)16-13/h3-7H,8-9,15H2,1-2H3. The molecule has 1 heterocycles. The topological polar surface area (TPSA) is 39.2 Å². The molecule has 90 valence electrons. The third-order valence-electron chi connectivity index (χ3n) is 2.63. The van der Waals surface area contributed by atoms with Crippen molar-refractivity contribution >= 4 is 11.8 Å². The van der Waals surface area contributed by atoms with Crippen LogP contribution in [-0.4, -0.2) is 0 Å². The highest BCUT2D eigenvalue weighted by Crippen LogP contribution is 2.27. The van der Waals surface area contributed by atoms with Crippen molar-refractivity contribution < 1.29 is 4.42 Å². The van der Waals surface area contributed by atoms with Gasteiger partial charge in [-0.15, -0.1) is 11.8 Å². The molecule has 0 saturated carbocycles.